The van der Waals surface area contributed by atoms with E-state index < -0.39 is 11.7 Å². The van der Waals surface area contributed by atoms with Gasteiger partial charge >= 0.3 is 6.18 Å². The van der Waals surface area contributed by atoms with Crippen LogP contribution in [0, 0.1) is 11.3 Å². The van der Waals surface area contributed by atoms with Crippen LogP contribution in [0.5, 0.6) is 0 Å². The van der Waals surface area contributed by atoms with Gasteiger partial charge in [0.25, 0.3) is 5.56 Å². The summed E-state index contributed by atoms with van der Waals surface area (Å²) in [7, 11) is 0. The molecule has 4 rings (SSSR count). The van der Waals surface area contributed by atoms with E-state index in [4.69, 9.17) is 5.26 Å². The second kappa shape index (κ2) is 7.26. The lowest BCUT2D eigenvalue weighted by Gasteiger charge is -2.26. The average Bonchev–Trinajstić information content (AvgIpc) is 3.03. The number of aromatic amines is 1. The van der Waals surface area contributed by atoms with Gasteiger partial charge < -0.3 is 0 Å². The zero-order valence-electron chi connectivity index (χ0n) is 15.3. The van der Waals surface area contributed by atoms with E-state index in [0.29, 0.717) is 48.4 Å². The Kier molecular flexibility index (Phi) is 4.76. The Morgan fingerprint density at radius 3 is 2.69 bits per heavy atom. The summed E-state index contributed by atoms with van der Waals surface area (Å²) in [6.45, 7) is 1.38. The molecule has 0 saturated carbocycles. The number of alkyl halides is 3. The second-order valence-electron chi connectivity index (χ2n) is 7.03. The van der Waals surface area contributed by atoms with Crippen LogP contribution in [0.15, 0.2) is 53.3 Å². The van der Waals surface area contributed by atoms with Crippen molar-refractivity contribution in [2.75, 3.05) is 6.54 Å². The monoisotopic (exact) mass is 398 g/mol. The van der Waals surface area contributed by atoms with Crippen LogP contribution in [0.3, 0.4) is 0 Å². The van der Waals surface area contributed by atoms with Gasteiger partial charge in [0, 0.05) is 25.2 Å². The van der Waals surface area contributed by atoms with Crippen LogP contribution < -0.4 is 5.56 Å². The molecule has 0 bridgehead atoms. The van der Waals surface area contributed by atoms with E-state index in [9.17, 15) is 18.0 Å². The fourth-order valence-corrected chi connectivity index (χ4v) is 3.61. The van der Waals surface area contributed by atoms with Gasteiger partial charge in [-0.25, -0.2) is 4.68 Å². The normalized spacial score (nSPS) is 14.4. The van der Waals surface area contributed by atoms with Crippen molar-refractivity contribution in [3.63, 3.8) is 0 Å². The Bertz CT molecular complexity index is 1150. The Balaban J connectivity index is 1.57. The van der Waals surface area contributed by atoms with Gasteiger partial charge in [-0.1, -0.05) is 24.3 Å². The van der Waals surface area contributed by atoms with Gasteiger partial charge in [0.2, 0.25) is 0 Å². The number of H-pyrrole nitrogens is 1. The molecule has 0 amide bonds. The third kappa shape index (κ3) is 3.82. The molecule has 0 saturated heterocycles. The SMILES string of the molecule is N#Cc1cccc(-n2[nH]c3c(c2=O)CCN(Cc2cccc(C(F)(F)F)c2)C3)c1. The van der Waals surface area contributed by atoms with E-state index in [2.05, 4.69) is 11.2 Å². The molecular formula is C21H17F3N4O. The molecule has 1 aliphatic rings. The first-order valence-electron chi connectivity index (χ1n) is 9.07. The molecule has 0 aliphatic carbocycles. The van der Waals surface area contributed by atoms with Crippen molar-refractivity contribution in [2.45, 2.75) is 25.7 Å². The van der Waals surface area contributed by atoms with E-state index >= 15 is 0 Å². The minimum Gasteiger partial charge on any atom is -0.293 e. The zero-order valence-corrected chi connectivity index (χ0v) is 15.3. The lowest BCUT2D eigenvalue weighted by Crippen LogP contribution is -2.31. The van der Waals surface area contributed by atoms with Crippen molar-refractivity contribution < 1.29 is 13.2 Å². The van der Waals surface area contributed by atoms with Crippen molar-refractivity contribution in [1.82, 2.24) is 14.7 Å². The Morgan fingerprint density at radius 1 is 1.14 bits per heavy atom. The molecule has 0 unspecified atom stereocenters. The molecule has 0 fully saturated rings. The molecular weight excluding hydrogens is 381 g/mol. The van der Waals surface area contributed by atoms with Crippen LogP contribution in [0.2, 0.25) is 0 Å². The largest absolute Gasteiger partial charge is 0.416 e. The molecule has 3 aromatic rings. The van der Waals surface area contributed by atoms with Crippen molar-refractivity contribution in [3.8, 4) is 11.8 Å². The van der Waals surface area contributed by atoms with E-state index in [1.165, 1.54) is 10.7 Å². The number of halogens is 3. The minimum absolute atomic E-state index is 0.159. The molecule has 1 aliphatic heterocycles. The van der Waals surface area contributed by atoms with E-state index in [0.717, 1.165) is 17.8 Å². The molecule has 0 atom stereocenters. The van der Waals surface area contributed by atoms with Crippen LogP contribution in [0.4, 0.5) is 13.2 Å². The molecule has 8 heteroatoms. The molecule has 29 heavy (non-hydrogen) atoms. The fourth-order valence-electron chi connectivity index (χ4n) is 3.61. The number of aromatic nitrogens is 2. The maximum absolute atomic E-state index is 12.9. The highest BCUT2D eigenvalue weighted by molar-refractivity contribution is 5.41. The summed E-state index contributed by atoms with van der Waals surface area (Å²) < 4.78 is 40.2. The number of nitrogens with zero attached hydrogens (tertiary/aromatic N) is 3. The molecule has 5 nitrogen and oxygen atoms in total. The van der Waals surface area contributed by atoms with Gasteiger partial charge in [0.05, 0.1) is 28.6 Å². The van der Waals surface area contributed by atoms with E-state index in [-0.39, 0.29) is 5.56 Å². The van der Waals surface area contributed by atoms with Gasteiger partial charge in [0.1, 0.15) is 0 Å². The number of nitrogens with one attached hydrogen (secondary N) is 1. The molecule has 2 heterocycles. The van der Waals surface area contributed by atoms with Crippen LogP contribution in [-0.4, -0.2) is 21.2 Å². The summed E-state index contributed by atoms with van der Waals surface area (Å²) >= 11 is 0. The maximum Gasteiger partial charge on any atom is 0.416 e. The van der Waals surface area contributed by atoms with Gasteiger partial charge in [0.15, 0.2) is 0 Å². The summed E-state index contributed by atoms with van der Waals surface area (Å²) in [6.07, 6.45) is -3.86. The van der Waals surface area contributed by atoms with Crippen LogP contribution in [0.1, 0.15) is 27.9 Å². The topological polar surface area (TPSA) is 64.8 Å². The molecule has 0 spiro atoms. The number of rotatable bonds is 3. The first-order valence-corrected chi connectivity index (χ1v) is 9.07. The maximum atomic E-state index is 12.9. The molecule has 1 N–H and O–H groups in total. The first-order chi connectivity index (χ1) is 13.8. The Labute approximate surface area is 164 Å². The number of nitriles is 1. The van der Waals surface area contributed by atoms with Crippen molar-refractivity contribution in [1.29, 1.82) is 5.26 Å². The number of hydrogen-bond acceptors (Lipinski definition) is 3. The minimum atomic E-state index is -4.37. The van der Waals surface area contributed by atoms with Gasteiger partial charge in [-0.3, -0.25) is 14.8 Å². The lowest BCUT2D eigenvalue weighted by atomic mass is 10.1. The van der Waals surface area contributed by atoms with Crippen LogP contribution in [-0.2, 0) is 25.7 Å². The number of benzene rings is 2. The van der Waals surface area contributed by atoms with Gasteiger partial charge in [-0.05, 0) is 36.2 Å². The summed E-state index contributed by atoms with van der Waals surface area (Å²) in [4.78, 5) is 14.7. The number of fused-ring (bicyclic) bond motifs is 1. The second-order valence-corrected chi connectivity index (χ2v) is 7.03. The van der Waals surface area contributed by atoms with Crippen molar-refractivity contribution in [3.05, 3.63) is 86.8 Å². The summed E-state index contributed by atoms with van der Waals surface area (Å²) in [5.41, 5.74) is 2.20. The predicted molar refractivity (Wildman–Crippen MR) is 100 cm³/mol. The third-order valence-electron chi connectivity index (χ3n) is 5.03. The highest BCUT2D eigenvalue weighted by atomic mass is 19.4. The fraction of sp³-hybridized carbons (Fsp3) is 0.238. The summed E-state index contributed by atoms with van der Waals surface area (Å²) in [5, 5.41) is 12.2. The predicted octanol–water partition coefficient (Wildman–Crippen LogP) is 3.61. The summed E-state index contributed by atoms with van der Waals surface area (Å²) in [5.74, 6) is 0. The average molecular weight is 398 g/mol. The zero-order chi connectivity index (χ0) is 20.6. The highest BCUT2D eigenvalue weighted by Crippen LogP contribution is 2.30. The smallest absolute Gasteiger partial charge is 0.293 e. The molecule has 0 radical (unpaired) electrons. The van der Waals surface area contributed by atoms with Crippen LogP contribution >= 0.6 is 0 Å². The quantitative estimate of drug-likeness (QED) is 0.733. The third-order valence-corrected chi connectivity index (χ3v) is 5.03. The first kappa shape index (κ1) is 19.0. The van der Waals surface area contributed by atoms with E-state index in [1.807, 2.05) is 4.90 Å². The highest BCUT2D eigenvalue weighted by Gasteiger charge is 2.30. The Hall–Kier alpha value is -3.31. The van der Waals surface area contributed by atoms with Gasteiger partial charge in [-0.2, -0.15) is 18.4 Å². The van der Waals surface area contributed by atoms with Crippen LogP contribution in [0.25, 0.3) is 5.69 Å². The van der Waals surface area contributed by atoms with E-state index in [1.54, 1.807) is 30.3 Å². The summed E-state index contributed by atoms with van der Waals surface area (Å²) in [6, 6.07) is 14.1. The standard InChI is InChI=1S/C21H17F3N4O/c22-21(23,24)16-5-1-4-15(9-16)12-27-8-7-18-19(13-27)26-28(20(18)29)17-6-2-3-14(10-17)11-25/h1-6,9-10,26H,7-8,12-13H2. The molecule has 148 valence electrons. The lowest BCUT2D eigenvalue weighted by molar-refractivity contribution is -0.137. The molecule has 1 aromatic heterocycles. The molecule has 2 aromatic carbocycles. The number of hydrogen-bond donors (Lipinski definition) is 1. The Morgan fingerprint density at radius 2 is 1.93 bits per heavy atom. The van der Waals surface area contributed by atoms with Crippen molar-refractivity contribution >= 4 is 0 Å². The van der Waals surface area contributed by atoms with Gasteiger partial charge in [-0.15, -0.1) is 0 Å². The van der Waals surface area contributed by atoms with Crippen molar-refractivity contribution in [2.24, 2.45) is 0 Å².